The standard InChI is InChI=1S/C44H31BN2O/c1-43(2)30-18-8-9-21-33(30)46-34-23-28-24-13-6-10-22-35(24)48-41(28)37-27-16-11-15-26-36-25-14-5-7-17-29(25)44(3,4)42(36)47(39(26)27)45(38(34)37)32-20-12-19-31(43)40(32)46/h5-23H,1-4H3. The summed E-state index contributed by atoms with van der Waals surface area (Å²) in [6.07, 6.45) is 0. The van der Waals surface area contributed by atoms with E-state index in [2.05, 4.69) is 152 Å². The number of rotatable bonds is 0. The van der Waals surface area contributed by atoms with Crippen molar-refractivity contribution in [2.75, 3.05) is 4.90 Å². The van der Waals surface area contributed by atoms with Crippen molar-refractivity contribution in [2.45, 2.75) is 38.5 Å². The highest BCUT2D eigenvalue weighted by molar-refractivity contribution is 6.90. The van der Waals surface area contributed by atoms with Gasteiger partial charge in [-0.15, -0.1) is 0 Å². The summed E-state index contributed by atoms with van der Waals surface area (Å²) >= 11 is 0. The molecule has 2 aromatic heterocycles. The Morgan fingerprint density at radius 1 is 0.583 bits per heavy atom. The van der Waals surface area contributed by atoms with Crippen molar-refractivity contribution in [1.29, 1.82) is 0 Å². The fraction of sp³-hybridized carbons (Fsp3) is 0.136. The van der Waals surface area contributed by atoms with Gasteiger partial charge in [-0.3, -0.25) is 0 Å². The summed E-state index contributed by atoms with van der Waals surface area (Å²) in [5, 5.41) is 3.67. The smallest absolute Gasteiger partial charge is 0.333 e. The number of fused-ring (bicyclic) bond motifs is 15. The molecule has 3 aliphatic heterocycles. The van der Waals surface area contributed by atoms with Gasteiger partial charge < -0.3 is 13.8 Å². The molecule has 0 N–H and O–H groups in total. The van der Waals surface area contributed by atoms with Crippen molar-refractivity contribution < 1.29 is 4.42 Å². The molecule has 6 aromatic carbocycles. The monoisotopic (exact) mass is 614 g/mol. The predicted octanol–water partition coefficient (Wildman–Crippen LogP) is 9.90. The second-order valence-electron chi connectivity index (χ2n) is 15.2. The van der Waals surface area contributed by atoms with E-state index in [0.717, 1.165) is 11.2 Å². The summed E-state index contributed by atoms with van der Waals surface area (Å²) in [6, 6.07) is 43.1. The maximum Gasteiger partial charge on any atom is 0.333 e. The topological polar surface area (TPSA) is 21.3 Å². The molecule has 0 amide bonds. The maximum atomic E-state index is 6.91. The van der Waals surface area contributed by atoms with Crippen molar-refractivity contribution in [3.63, 3.8) is 0 Å². The minimum atomic E-state index is -0.165. The Labute approximate surface area is 279 Å². The van der Waals surface area contributed by atoms with Gasteiger partial charge in [0.15, 0.2) is 0 Å². The van der Waals surface area contributed by atoms with Gasteiger partial charge in [0.05, 0.1) is 5.69 Å². The normalized spacial score (nSPS) is 16.6. The van der Waals surface area contributed by atoms with Crippen molar-refractivity contribution in [3.8, 4) is 22.3 Å². The predicted molar refractivity (Wildman–Crippen MR) is 199 cm³/mol. The minimum Gasteiger partial charge on any atom is -0.455 e. The quantitative estimate of drug-likeness (QED) is 0.159. The van der Waals surface area contributed by atoms with Crippen molar-refractivity contribution in [2.24, 2.45) is 0 Å². The van der Waals surface area contributed by atoms with Crippen LogP contribution in [0.3, 0.4) is 0 Å². The van der Waals surface area contributed by atoms with Crippen LogP contribution in [0.15, 0.2) is 120 Å². The summed E-state index contributed by atoms with van der Waals surface area (Å²) < 4.78 is 9.66. The van der Waals surface area contributed by atoms with Gasteiger partial charge in [0, 0.05) is 66.3 Å². The molecular formula is C44H31BN2O. The maximum absolute atomic E-state index is 6.91. The third-order valence-corrected chi connectivity index (χ3v) is 12.3. The molecule has 0 saturated heterocycles. The van der Waals surface area contributed by atoms with Gasteiger partial charge in [0.2, 0.25) is 0 Å². The average molecular weight is 615 g/mol. The largest absolute Gasteiger partial charge is 0.455 e. The van der Waals surface area contributed by atoms with Gasteiger partial charge in [0.1, 0.15) is 11.2 Å². The second-order valence-corrected chi connectivity index (χ2v) is 15.2. The Morgan fingerprint density at radius 2 is 1.29 bits per heavy atom. The van der Waals surface area contributed by atoms with Crippen LogP contribution in [0.1, 0.15) is 50.1 Å². The van der Waals surface area contributed by atoms with E-state index < -0.39 is 0 Å². The molecule has 226 valence electrons. The highest BCUT2D eigenvalue weighted by Gasteiger charge is 2.51. The fourth-order valence-corrected chi connectivity index (χ4v) is 10.3. The van der Waals surface area contributed by atoms with Crippen molar-refractivity contribution in [1.82, 2.24) is 4.48 Å². The van der Waals surface area contributed by atoms with Crippen LogP contribution < -0.4 is 15.8 Å². The zero-order chi connectivity index (χ0) is 31.8. The van der Waals surface area contributed by atoms with Gasteiger partial charge in [-0.1, -0.05) is 125 Å². The molecule has 0 saturated carbocycles. The summed E-state index contributed by atoms with van der Waals surface area (Å²) in [7, 11) is 0. The Balaban J connectivity index is 1.34. The van der Waals surface area contributed by atoms with E-state index in [-0.39, 0.29) is 17.7 Å². The first-order valence-electron chi connectivity index (χ1n) is 17.2. The first-order valence-corrected chi connectivity index (χ1v) is 17.2. The van der Waals surface area contributed by atoms with Crippen LogP contribution in [0, 0.1) is 0 Å². The van der Waals surface area contributed by atoms with E-state index in [4.69, 9.17) is 4.42 Å². The molecule has 0 radical (unpaired) electrons. The first kappa shape index (κ1) is 25.6. The lowest BCUT2D eigenvalue weighted by Crippen LogP contribution is -2.59. The average Bonchev–Trinajstić information content (AvgIpc) is 3.73. The highest BCUT2D eigenvalue weighted by Crippen LogP contribution is 2.58. The summed E-state index contributed by atoms with van der Waals surface area (Å²) in [4.78, 5) is 2.59. The number of nitrogens with zero attached hydrogens (tertiary/aromatic N) is 2. The molecule has 0 unspecified atom stereocenters. The van der Waals surface area contributed by atoms with Crippen LogP contribution in [0.25, 0.3) is 55.1 Å². The number of benzene rings is 6. The third-order valence-electron chi connectivity index (χ3n) is 12.3. The molecule has 0 fully saturated rings. The molecule has 0 atom stereocenters. The molecule has 48 heavy (non-hydrogen) atoms. The zero-order valence-corrected chi connectivity index (χ0v) is 27.3. The van der Waals surface area contributed by atoms with Crippen LogP contribution in [0.2, 0.25) is 0 Å². The fourth-order valence-electron chi connectivity index (χ4n) is 10.3. The van der Waals surface area contributed by atoms with Gasteiger partial charge in [0.25, 0.3) is 0 Å². The molecule has 3 nitrogen and oxygen atoms in total. The first-order chi connectivity index (χ1) is 23.4. The lowest BCUT2D eigenvalue weighted by molar-refractivity contribution is 0.629. The molecule has 0 spiro atoms. The number of furan rings is 1. The molecule has 4 heteroatoms. The number of anilines is 3. The zero-order valence-electron chi connectivity index (χ0n) is 27.3. The highest BCUT2D eigenvalue weighted by atomic mass is 16.3. The molecule has 1 aliphatic carbocycles. The van der Waals surface area contributed by atoms with E-state index in [1.807, 2.05) is 0 Å². The van der Waals surface area contributed by atoms with Crippen LogP contribution >= 0.6 is 0 Å². The summed E-state index contributed by atoms with van der Waals surface area (Å²) in [6.45, 7) is 9.64. The molecule has 8 aromatic rings. The van der Waals surface area contributed by atoms with E-state index in [9.17, 15) is 0 Å². The van der Waals surface area contributed by atoms with Crippen LogP contribution in [0.4, 0.5) is 17.1 Å². The lowest BCUT2D eigenvalue weighted by atomic mass is 9.44. The number of hydrogen-bond donors (Lipinski definition) is 0. The lowest BCUT2D eigenvalue weighted by Gasteiger charge is -2.48. The van der Waals surface area contributed by atoms with Gasteiger partial charge in [-0.2, -0.15) is 0 Å². The summed E-state index contributed by atoms with van der Waals surface area (Å²) in [5.41, 5.74) is 20.3. The van der Waals surface area contributed by atoms with Crippen molar-refractivity contribution in [3.05, 3.63) is 138 Å². The van der Waals surface area contributed by atoms with Gasteiger partial charge in [-0.25, -0.2) is 0 Å². The number of para-hydroxylation sites is 4. The van der Waals surface area contributed by atoms with Crippen LogP contribution in [-0.4, -0.2) is 11.3 Å². The minimum absolute atomic E-state index is 0.00499. The van der Waals surface area contributed by atoms with Gasteiger partial charge in [-0.05, 0) is 51.4 Å². The van der Waals surface area contributed by atoms with E-state index in [1.54, 1.807) is 0 Å². The second kappa shape index (κ2) is 7.97. The molecule has 4 aliphatic rings. The summed E-state index contributed by atoms with van der Waals surface area (Å²) in [5.74, 6) is 0. The van der Waals surface area contributed by atoms with Gasteiger partial charge >= 0.3 is 6.85 Å². The Morgan fingerprint density at radius 3 is 2.19 bits per heavy atom. The number of aromatic nitrogens is 1. The van der Waals surface area contributed by atoms with Crippen LogP contribution in [0.5, 0.6) is 0 Å². The third kappa shape index (κ3) is 2.62. The van der Waals surface area contributed by atoms with E-state index in [0.29, 0.717) is 0 Å². The molecule has 12 rings (SSSR count). The van der Waals surface area contributed by atoms with Crippen molar-refractivity contribution >= 4 is 67.7 Å². The Hall–Kier alpha value is -5.48. The number of hydrogen-bond acceptors (Lipinski definition) is 2. The SMILES string of the molecule is CC1(C)c2ccccc2N2c3cc4c(oc5ccccc54)c4c3B(c3cccc1c32)n1c2c(c3cccc-4c31)-c1ccccc1C2(C)C. The molecule has 0 bridgehead atoms. The van der Waals surface area contributed by atoms with E-state index >= 15 is 0 Å². The molecule has 5 heterocycles. The van der Waals surface area contributed by atoms with E-state index in [1.165, 1.54) is 94.3 Å². The molecular weight excluding hydrogens is 583 g/mol. The Bertz CT molecular complexity index is 2810. The van der Waals surface area contributed by atoms with Crippen LogP contribution in [-0.2, 0) is 10.8 Å². The Kier molecular flexibility index (Phi) is 4.25.